The molecule has 0 heterocycles. The molecular weight excluding hydrogens is 422 g/mol. The Morgan fingerprint density at radius 2 is 1.88 bits per heavy atom. The molecule has 186 valence electrons. The van der Waals surface area contributed by atoms with E-state index in [0.717, 1.165) is 24.1 Å². The highest BCUT2D eigenvalue weighted by Gasteiger charge is 2.27. The van der Waals surface area contributed by atoms with Crippen LogP contribution in [0.25, 0.3) is 0 Å². The Bertz CT molecular complexity index is 807. The maximum Gasteiger partial charge on any atom is 0.260 e. The molecule has 0 fully saturated rings. The van der Waals surface area contributed by atoms with Crippen LogP contribution >= 0.6 is 0 Å². The Morgan fingerprint density at radius 1 is 1.21 bits per heavy atom. The molecule has 0 radical (unpaired) electrons. The lowest BCUT2D eigenvalue weighted by molar-refractivity contribution is -0.126. The number of nitrogens with one attached hydrogen (secondary N) is 2. The van der Waals surface area contributed by atoms with Crippen LogP contribution in [-0.4, -0.2) is 67.2 Å². The van der Waals surface area contributed by atoms with E-state index in [1.165, 1.54) is 12.0 Å². The number of rotatable bonds is 14. The largest absolute Gasteiger partial charge is 0.378 e. The summed E-state index contributed by atoms with van der Waals surface area (Å²) in [6.07, 6.45) is 2.26. The Hall–Kier alpha value is -2.45. The second-order valence-corrected chi connectivity index (χ2v) is 9.75. The van der Waals surface area contributed by atoms with Crippen LogP contribution < -0.4 is 10.6 Å². The molecule has 1 atom stereocenters. The third-order valence-electron chi connectivity index (χ3n) is 5.29. The van der Waals surface area contributed by atoms with Crippen molar-refractivity contribution in [2.75, 3.05) is 32.2 Å². The highest BCUT2D eigenvalue weighted by atomic mass is 16.5. The summed E-state index contributed by atoms with van der Waals surface area (Å²) < 4.78 is 10.9. The van der Waals surface area contributed by atoms with Crippen molar-refractivity contribution in [3.05, 3.63) is 29.3 Å². The Kier molecular flexibility index (Phi) is 11.0. The smallest absolute Gasteiger partial charge is 0.260 e. The lowest BCUT2D eigenvalue weighted by atomic mass is 10.0. The van der Waals surface area contributed by atoms with Crippen molar-refractivity contribution in [1.29, 1.82) is 0 Å². The first-order valence-electron chi connectivity index (χ1n) is 11.4. The fourth-order valence-corrected chi connectivity index (χ4v) is 3.33. The van der Waals surface area contributed by atoms with Gasteiger partial charge < -0.3 is 20.1 Å². The first-order valence-corrected chi connectivity index (χ1v) is 11.4. The van der Waals surface area contributed by atoms with Gasteiger partial charge in [-0.2, -0.15) is 0 Å². The predicted octanol–water partition coefficient (Wildman–Crippen LogP) is 3.53. The number of anilines is 1. The van der Waals surface area contributed by atoms with Crippen molar-refractivity contribution in [2.45, 2.75) is 78.5 Å². The molecule has 0 aromatic heterocycles. The lowest BCUT2D eigenvalue weighted by Crippen LogP contribution is -2.46. The Balaban J connectivity index is 2.87. The summed E-state index contributed by atoms with van der Waals surface area (Å²) in [4.78, 5) is 37.6. The van der Waals surface area contributed by atoms with Crippen molar-refractivity contribution in [1.82, 2.24) is 10.2 Å². The molecule has 2 N–H and O–H groups in total. The van der Waals surface area contributed by atoms with Gasteiger partial charge in [0.2, 0.25) is 12.3 Å². The molecule has 1 aromatic rings. The van der Waals surface area contributed by atoms with Crippen molar-refractivity contribution >= 4 is 23.9 Å². The first kappa shape index (κ1) is 28.6. The van der Waals surface area contributed by atoms with Crippen LogP contribution in [0.3, 0.4) is 0 Å². The van der Waals surface area contributed by atoms with Gasteiger partial charge >= 0.3 is 0 Å². The van der Waals surface area contributed by atoms with Crippen LogP contribution in [0, 0.1) is 6.92 Å². The van der Waals surface area contributed by atoms with Gasteiger partial charge in [-0.15, -0.1) is 0 Å². The van der Waals surface area contributed by atoms with Crippen molar-refractivity contribution in [3.8, 4) is 0 Å². The summed E-state index contributed by atoms with van der Waals surface area (Å²) in [5, 5.41) is 6.21. The molecule has 8 heteroatoms. The number of amides is 3. The van der Waals surface area contributed by atoms with Crippen molar-refractivity contribution in [2.24, 2.45) is 0 Å². The number of imide groups is 1. The van der Waals surface area contributed by atoms with Crippen LogP contribution in [0.2, 0.25) is 0 Å². The van der Waals surface area contributed by atoms with Crippen molar-refractivity contribution in [3.63, 3.8) is 0 Å². The molecule has 0 saturated heterocycles. The normalized spacial score (nSPS) is 12.7. The zero-order valence-corrected chi connectivity index (χ0v) is 21.4. The molecule has 33 heavy (non-hydrogen) atoms. The summed E-state index contributed by atoms with van der Waals surface area (Å²) >= 11 is 0. The summed E-state index contributed by atoms with van der Waals surface area (Å²) in [7, 11) is 1.47. The summed E-state index contributed by atoms with van der Waals surface area (Å²) in [6.45, 7) is 14.3. The average molecular weight is 464 g/mol. The fraction of sp³-hybridized carbons (Fsp3) is 0.640. The van der Waals surface area contributed by atoms with E-state index in [0.29, 0.717) is 25.1 Å². The molecule has 0 aliphatic heterocycles. The fourth-order valence-electron chi connectivity index (χ4n) is 3.33. The van der Waals surface area contributed by atoms with Gasteiger partial charge in [-0.05, 0) is 65.7 Å². The van der Waals surface area contributed by atoms with Crippen LogP contribution in [0.15, 0.2) is 18.2 Å². The Morgan fingerprint density at radius 3 is 2.45 bits per heavy atom. The van der Waals surface area contributed by atoms with E-state index >= 15 is 0 Å². The summed E-state index contributed by atoms with van der Waals surface area (Å²) in [5.41, 5.74) is 1.04. The monoisotopic (exact) mass is 463 g/mol. The van der Waals surface area contributed by atoms with E-state index in [9.17, 15) is 14.4 Å². The van der Waals surface area contributed by atoms with E-state index in [1.807, 2.05) is 60.6 Å². The molecule has 1 unspecified atom stereocenters. The standard InChI is InChI=1S/C25H41N3O5/c1-9-10-19(3)28(17-29)23(31)21-13-20(12-11-18(21)2)27-24(4,5)16-33-25(6,7)15-26-22(30)14-32-8/h11-13,17,19,27H,9-10,14-16H2,1-8H3,(H,26,30). The van der Waals surface area contributed by atoms with Crippen LogP contribution in [0.5, 0.6) is 0 Å². The molecule has 0 aliphatic rings. The number of benzene rings is 1. The summed E-state index contributed by atoms with van der Waals surface area (Å²) in [5.74, 6) is -0.491. The maximum atomic E-state index is 13.1. The third kappa shape index (κ3) is 9.52. The number of hydrogen-bond acceptors (Lipinski definition) is 6. The number of hydrogen-bond donors (Lipinski definition) is 2. The number of methoxy groups -OCH3 is 1. The van der Waals surface area contributed by atoms with E-state index in [4.69, 9.17) is 9.47 Å². The summed E-state index contributed by atoms with van der Waals surface area (Å²) in [6, 6.07) is 5.40. The zero-order valence-electron chi connectivity index (χ0n) is 21.4. The maximum absolute atomic E-state index is 13.1. The molecule has 0 bridgehead atoms. The van der Waals surface area contributed by atoms with Crippen LogP contribution in [0.4, 0.5) is 5.69 Å². The highest BCUT2D eigenvalue weighted by molar-refractivity contribution is 6.01. The molecule has 1 rings (SSSR count). The van der Waals surface area contributed by atoms with Gasteiger partial charge in [0.05, 0.1) is 17.7 Å². The zero-order chi connectivity index (χ0) is 25.2. The van der Waals surface area contributed by atoms with Gasteiger partial charge in [-0.1, -0.05) is 19.4 Å². The number of carbonyl (C=O) groups excluding carboxylic acids is 3. The molecule has 0 aliphatic carbocycles. The highest BCUT2D eigenvalue weighted by Crippen LogP contribution is 2.23. The first-order chi connectivity index (χ1) is 15.4. The molecule has 3 amide bonds. The van der Waals surface area contributed by atoms with Crippen LogP contribution in [0.1, 0.15) is 70.3 Å². The van der Waals surface area contributed by atoms with Gasteiger partial charge in [0.25, 0.3) is 5.91 Å². The SMILES string of the molecule is CCCC(C)N(C=O)C(=O)c1cc(NC(C)(C)COC(C)(C)CNC(=O)COC)ccc1C. The second kappa shape index (κ2) is 12.7. The number of nitrogens with zero attached hydrogens (tertiary/aromatic N) is 1. The van der Waals surface area contributed by atoms with E-state index < -0.39 is 11.1 Å². The predicted molar refractivity (Wildman–Crippen MR) is 130 cm³/mol. The molecule has 1 aromatic carbocycles. The second-order valence-electron chi connectivity index (χ2n) is 9.75. The number of carbonyl (C=O) groups is 3. The van der Waals surface area contributed by atoms with Crippen LogP contribution in [-0.2, 0) is 19.1 Å². The molecule has 0 spiro atoms. The van der Waals surface area contributed by atoms with Crippen molar-refractivity contribution < 1.29 is 23.9 Å². The van der Waals surface area contributed by atoms with Gasteiger partial charge in [0, 0.05) is 30.9 Å². The minimum Gasteiger partial charge on any atom is -0.378 e. The lowest BCUT2D eigenvalue weighted by Gasteiger charge is -2.33. The van der Waals surface area contributed by atoms with E-state index in [-0.39, 0.29) is 24.5 Å². The Labute approximate surface area is 198 Å². The van der Waals surface area contributed by atoms with Gasteiger partial charge in [0.15, 0.2) is 0 Å². The van der Waals surface area contributed by atoms with Gasteiger partial charge in [-0.25, -0.2) is 0 Å². The molecule has 0 saturated carbocycles. The number of aryl methyl sites for hydroxylation is 1. The third-order valence-corrected chi connectivity index (χ3v) is 5.29. The molecular formula is C25H41N3O5. The average Bonchev–Trinajstić information content (AvgIpc) is 2.73. The minimum atomic E-state index is -0.573. The molecule has 8 nitrogen and oxygen atoms in total. The van der Waals surface area contributed by atoms with Gasteiger partial charge in [-0.3, -0.25) is 19.3 Å². The quantitative estimate of drug-likeness (QED) is 0.410. The number of ether oxygens (including phenoxy) is 2. The topological polar surface area (TPSA) is 97.0 Å². The van der Waals surface area contributed by atoms with Gasteiger partial charge in [0.1, 0.15) is 6.61 Å². The van der Waals surface area contributed by atoms with E-state index in [1.54, 1.807) is 6.07 Å². The minimum absolute atomic E-state index is 0.0103. The van der Waals surface area contributed by atoms with E-state index in [2.05, 4.69) is 10.6 Å².